The van der Waals surface area contributed by atoms with Gasteiger partial charge in [-0.2, -0.15) is 0 Å². The second-order valence-electron chi connectivity index (χ2n) is 7.95. The minimum Gasteiger partial charge on any atom is -0.459 e. The molecule has 0 radical (unpaired) electrons. The van der Waals surface area contributed by atoms with E-state index in [1.54, 1.807) is 24.3 Å². The van der Waals surface area contributed by atoms with Gasteiger partial charge in [-0.3, -0.25) is 14.4 Å². The molecule has 0 spiro atoms. The van der Waals surface area contributed by atoms with E-state index in [0.717, 1.165) is 24.3 Å². The lowest BCUT2D eigenvalue weighted by atomic mass is 10.2. The van der Waals surface area contributed by atoms with Crippen LogP contribution < -0.4 is 5.32 Å². The molecule has 9 nitrogen and oxygen atoms in total. The summed E-state index contributed by atoms with van der Waals surface area (Å²) in [5.74, 6) is -2.86. The zero-order valence-electron chi connectivity index (χ0n) is 18.8. The van der Waals surface area contributed by atoms with Gasteiger partial charge in [0.1, 0.15) is 5.82 Å². The first-order valence-electron chi connectivity index (χ1n) is 10.8. The Morgan fingerprint density at radius 1 is 0.917 bits per heavy atom. The van der Waals surface area contributed by atoms with E-state index in [4.69, 9.17) is 16.0 Å². The summed E-state index contributed by atoms with van der Waals surface area (Å²) in [7, 11) is -4.45. The molecular formula is C24H21ClFN3O6S. The van der Waals surface area contributed by atoms with Crippen LogP contribution in [-0.2, 0) is 14.6 Å². The molecule has 3 aromatic rings. The van der Waals surface area contributed by atoms with E-state index in [1.807, 2.05) is 0 Å². The first kappa shape index (κ1) is 25.4. The van der Waals surface area contributed by atoms with Crippen molar-refractivity contribution in [1.82, 2.24) is 15.1 Å². The van der Waals surface area contributed by atoms with Gasteiger partial charge in [-0.1, -0.05) is 11.6 Å². The molecule has 0 unspecified atom stereocenters. The van der Waals surface area contributed by atoms with Crippen molar-refractivity contribution in [1.29, 1.82) is 0 Å². The fourth-order valence-electron chi connectivity index (χ4n) is 3.70. The summed E-state index contributed by atoms with van der Waals surface area (Å²) in [5.41, 5.74) is 0.432. The van der Waals surface area contributed by atoms with Crippen LogP contribution in [0.25, 0.3) is 0 Å². The molecule has 0 bridgehead atoms. The Balaban J connectivity index is 1.53. The summed E-state index contributed by atoms with van der Waals surface area (Å²) in [4.78, 5) is 41.2. The van der Waals surface area contributed by atoms with E-state index in [0.29, 0.717) is 10.6 Å². The molecule has 1 N–H and O–H groups in total. The molecule has 2 heterocycles. The van der Waals surface area contributed by atoms with Gasteiger partial charge in [-0.25, -0.2) is 12.8 Å². The van der Waals surface area contributed by atoms with Gasteiger partial charge in [0.2, 0.25) is 15.2 Å². The molecule has 2 aromatic carbocycles. The average Bonchev–Trinajstić information content (AvgIpc) is 3.42. The van der Waals surface area contributed by atoms with Crippen LogP contribution in [0.15, 0.2) is 76.2 Å². The van der Waals surface area contributed by atoms with Gasteiger partial charge in [0, 0.05) is 36.8 Å². The maximum absolute atomic E-state index is 13.4. The Labute approximate surface area is 211 Å². The Kier molecular flexibility index (Phi) is 7.41. The lowest BCUT2D eigenvalue weighted by Gasteiger charge is -2.36. The second-order valence-corrected chi connectivity index (χ2v) is 10.4. The molecule has 4 rings (SSSR count). The van der Waals surface area contributed by atoms with Crippen LogP contribution in [0, 0.1) is 5.82 Å². The molecule has 3 amide bonds. The molecule has 1 aliphatic heterocycles. The molecule has 1 fully saturated rings. The maximum atomic E-state index is 13.4. The standard InChI is InChI=1S/C24H21ClFN3O6S/c25-17-5-3-16(4-6-17)23(31)28-11-13-29(14-12-28)24(32)22(27-21(30)20-2-1-15-35-20)36(33,34)19-9-7-18(26)8-10-19/h1-10,15,22H,11-14H2,(H,27,30)/t22-/m0/s1. The second kappa shape index (κ2) is 10.5. The summed E-state index contributed by atoms with van der Waals surface area (Å²) in [6, 6.07) is 13.1. The summed E-state index contributed by atoms with van der Waals surface area (Å²) < 4.78 is 45.0. The zero-order valence-corrected chi connectivity index (χ0v) is 20.3. The predicted molar refractivity (Wildman–Crippen MR) is 127 cm³/mol. The van der Waals surface area contributed by atoms with Gasteiger partial charge < -0.3 is 19.5 Å². The number of nitrogens with one attached hydrogen (secondary N) is 1. The van der Waals surface area contributed by atoms with Crippen molar-refractivity contribution in [3.63, 3.8) is 0 Å². The number of furan rings is 1. The summed E-state index contributed by atoms with van der Waals surface area (Å²) in [5, 5.41) is 0.742. The van der Waals surface area contributed by atoms with Crippen LogP contribution in [0.1, 0.15) is 20.9 Å². The van der Waals surface area contributed by atoms with Crippen molar-refractivity contribution >= 4 is 39.2 Å². The highest BCUT2D eigenvalue weighted by molar-refractivity contribution is 7.92. The van der Waals surface area contributed by atoms with E-state index in [-0.39, 0.29) is 42.7 Å². The number of benzene rings is 2. The quantitative estimate of drug-likeness (QED) is 0.487. The molecule has 1 aliphatic rings. The topological polar surface area (TPSA) is 117 Å². The number of sulfone groups is 1. The van der Waals surface area contributed by atoms with Crippen LogP contribution in [0.2, 0.25) is 5.02 Å². The lowest BCUT2D eigenvalue weighted by Crippen LogP contribution is -2.57. The number of nitrogens with zero attached hydrogens (tertiary/aromatic N) is 2. The van der Waals surface area contributed by atoms with Crippen LogP contribution in [0.5, 0.6) is 0 Å². The van der Waals surface area contributed by atoms with Gasteiger partial charge in [-0.15, -0.1) is 0 Å². The fourth-order valence-corrected chi connectivity index (χ4v) is 5.29. The van der Waals surface area contributed by atoms with Crippen LogP contribution in [-0.4, -0.2) is 67.5 Å². The number of hydrogen-bond acceptors (Lipinski definition) is 6. The molecule has 1 aromatic heterocycles. The van der Waals surface area contributed by atoms with Gasteiger partial charge in [0.15, 0.2) is 5.76 Å². The third-order valence-corrected chi connectivity index (χ3v) is 7.77. The van der Waals surface area contributed by atoms with Crippen LogP contribution in [0.4, 0.5) is 4.39 Å². The first-order chi connectivity index (χ1) is 17.2. The van der Waals surface area contributed by atoms with E-state index in [9.17, 15) is 27.2 Å². The Bertz CT molecular complexity index is 1350. The minimum atomic E-state index is -4.45. The van der Waals surface area contributed by atoms with Gasteiger partial charge in [-0.05, 0) is 60.7 Å². The van der Waals surface area contributed by atoms with Crippen molar-refractivity contribution < 1.29 is 31.6 Å². The number of rotatable bonds is 6. The predicted octanol–water partition coefficient (Wildman–Crippen LogP) is 2.59. The Hall–Kier alpha value is -3.70. The van der Waals surface area contributed by atoms with Crippen LogP contribution in [0.3, 0.4) is 0 Å². The molecule has 12 heteroatoms. The SMILES string of the molecule is O=C(N[C@H](C(=O)N1CCN(C(=O)c2ccc(Cl)cc2)CC1)S(=O)(=O)c1ccc(F)cc1)c1ccco1. The lowest BCUT2D eigenvalue weighted by molar-refractivity contribution is -0.132. The number of amides is 3. The average molecular weight is 534 g/mol. The molecule has 0 aliphatic carbocycles. The van der Waals surface area contributed by atoms with E-state index in [1.165, 1.54) is 28.2 Å². The highest BCUT2D eigenvalue weighted by Gasteiger charge is 2.40. The van der Waals surface area contributed by atoms with Crippen molar-refractivity contribution in [2.75, 3.05) is 26.2 Å². The normalized spacial score (nSPS) is 14.8. The van der Waals surface area contributed by atoms with E-state index >= 15 is 0 Å². The Morgan fingerprint density at radius 2 is 1.53 bits per heavy atom. The molecule has 36 heavy (non-hydrogen) atoms. The summed E-state index contributed by atoms with van der Waals surface area (Å²) in [6.45, 7) is 0.403. The summed E-state index contributed by atoms with van der Waals surface area (Å²) in [6.07, 6.45) is 1.23. The highest BCUT2D eigenvalue weighted by Crippen LogP contribution is 2.20. The third kappa shape index (κ3) is 5.42. The molecule has 1 atom stereocenters. The molecule has 1 saturated heterocycles. The minimum absolute atomic E-state index is 0.0459. The number of carbonyl (C=O) groups is 3. The van der Waals surface area contributed by atoms with Gasteiger partial charge >= 0.3 is 0 Å². The third-order valence-electron chi connectivity index (χ3n) is 5.65. The largest absolute Gasteiger partial charge is 0.459 e. The number of halogens is 2. The Morgan fingerprint density at radius 3 is 2.11 bits per heavy atom. The highest BCUT2D eigenvalue weighted by atomic mass is 35.5. The zero-order chi connectivity index (χ0) is 25.9. The van der Waals surface area contributed by atoms with Crippen molar-refractivity contribution in [3.05, 3.63) is 89.1 Å². The number of piperazine rings is 1. The molecule has 0 saturated carbocycles. The smallest absolute Gasteiger partial charge is 0.288 e. The molecular weight excluding hydrogens is 513 g/mol. The number of carbonyl (C=O) groups excluding carboxylic acids is 3. The van der Waals surface area contributed by atoms with Crippen molar-refractivity contribution in [2.24, 2.45) is 0 Å². The van der Waals surface area contributed by atoms with Crippen LogP contribution >= 0.6 is 11.6 Å². The summed E-state index contributed by atoms with van der Waals surface area (Å²) >= 11 is 5.87. The van der Waals surface area contributed by atoms with E-state index < -0.39 is 32.8 Å². The monoisotopic (exact) mass is 533 g/mol. The number of hydrogen-bond donors (Lipinski definition) is 1. The van der Waals surface area contributed by atoms with Crippen molar-refractivity contribution in [2.45, 2.75) is 10.3 Å². The fraction of sp³-hybridized carbons (Fsp3) is 0.208. The first-order valence-corrected chi connectivity index (χ1v) is 12.8. The molecule has 188 valence electrons. The van der Waals surface area contributed by atoms with Gasteiger partial charge in [0.05, 0.1) is 11.2 Å². The maximum Gasteiger partial charge on any atom is 0.288 e. The van der Waals surface area contributed by atoms with Crippen molar-refractivity contribution in [3.8, 4) is 0 Å². The van der Waals surface area contributed by atoms with Gasteiger partial charge in [0.25, 0.3) is 17.7 Å². The van der Waals surface area contributed by atoms with E-state index in [2.05, 4.69) is 5.32 Å².